The second-order valence-electron chi connectivity index (χ2n) is 2.76. The van der Waals surface area contributed by atoms with Gasteiger partial charge in [0.2, 0.25) is 0 Å². The normalized spacial score (nSPS) is 10.6. The summed E-state index contributed by atoms with van der Waals surface area (Å²) in [7, 11) is 0. The number of ketones is 1. The van der Waals surface area contributed by atoms with Gasteiger partial charge >= 0.3 is 0 Å². The van der Waals surface area contributed by atoms with E-state index < -0.39 is 0 Å². The minimum absolute atomic E-state index is 0.102. The number of thiol groups is 1. The van der Waals surface area contributed by atoms with Gasteiger partial charge in [-0.25, -0.2) is 0 Å². The number of hydrogen-bond acceptors (Lipinski definition) is 2. The van der Waals surface area contributed by atoms with Crippen molar-refractivity contribution < 1.29 is 4.79 Å². The van der Waals surface area contributed by atoms with E-state index >= 15 is 0 Å². The number of benzene rings is 1. The maximum Gasteiger partial charge on any atom is 0.159 e. The second-order valence-corrected chi connectivity index (χ2v) is 3.13. The summed E-state index contributed by atoms with van der Waals surface area (Å²) in [5, 5.41) is 0. The predicted octanol–water partition coefficient (Wildman–Crippen LogP) is 2.83. The van der Waals surface area contributed by atoms with Crippen molar-refractivity contribution in [3.63, 3.8) is 0 Å². The van der Waals surface area contributed by atoms with Crippen LogP contribution in [0.1, 0.15) is 22.8 Å². The van der Waals surface area contributed by atoms with Crippen molar-refractivity contribution in [2.45, 2.75) is 6.92 Å². The minimum Gasteiger partial charge on any atom is -0.295 e. The second kappa shape index (κ2) is 4.87. The molecule has 0 radical (unpaired) electrons. The Morgan fingerprint density at radius 1 is 1.38 bits per heavy atom. The molecule has 0 aromatic heterocycles. The quantitative estimate of drug-likeness (QED) is 0.575. The van der Waals surface area contributed by atoms with E-state index in [-0.39, 0.29) is 5.78 Å². The molecular formula is C11H12OS. The van der Waals surface area contributed by atoms with Crippen LogP contribution in [-0.4, -0.2) is 11.5 Å². The van der Waals surface area contributed by atoms with Crippen LogP contribution in [0, 0.1) is 0 Å². The Kier molecular flexibility index (Phi) is 3.77. The van der Waals surface area contributed by atoms with Gasteiger partial charge < -0.3 is 0 Å². The van der Waals surface area contributed by atoms with Gasteiger partial charge in [-0.05, 0) is 12.5 Å². The molecule has 0 N–H and O–H groups in total. The molecular weight excluding hydrogens is 180 g/mol. The zero-order valence-corrected chi connectivity index (χ0v) is 8.42. The van der Waals surface area contributed by atoms with Crippen LogP contribution in [0.4, 0.5) is 0 Å². The van der Waals surface area contributed by atoms with Crippen LogP contribution in [0.15, 0.2) is 30.3 Å². The lowest BCUT2D eigenvalue weighted by atomic mass is 10.1. The van der Waals surface area contributed by atoms with E-state index in [2.05, 4.69) is 12.6 Å². The van der Waals surface area contributed by atoms with Gasteiger partial charge in [-0.2, -0.15) is 12.6 Å². The first kappa shape index (κ1) is 10.1. The van der Waals surface area contributed by atoms with Crippen LogP contribution < -0.4 is 0 Å². The number of carbonyl (C=O) groups is 1. The Morgan fingerprint density at radius 2 is 2.00 bits per heavy atom. The summed E-state index contributed by atoms with van der Waals surface area (Å²) in [6, 6.07) is 7.52. The number of hydrogen-bond donors (Lipinski definition) is 1. The largest absolute Gasteiger partial charge is 0.295 e. The maximum atomic E-state index is 10.9. The Morgan fingerprint density at radius 3 is 2.46 bits per heavy atom. The van der Waals surface area contributed by atoms with Gasteiger partial charge in [-0.15, -0.1) is 0 Å². The van der Waals surface area contributed by atoms with Crippen LogP contribution in [0.25, 0.3) is 6.08 Å². The lowest BCUT2D eigenvalue weighted by molar-refractivity contribution is 0.101. The molecule has 0 fully saturated rings. The fourth-order valence-electron chi connectivity index (χ4n) is 1.02. The van der Waals surface area contributed by atoms with Crippen LogP contribution >= 0.6 is 12.6 Å². The predicted molar refractivity (Wildman–Crippen MR) is 59.3 cm³/mol. The van der Waals surface area contributed by atoms with E-state index in [0.717, 1.165) is 16.9 Å². The van der Waals surface area contributed by atoms with Gasteiger partial charge in [0.25, 0.3) is 0 Å². The van der Waals surface area contributed by atoms with E-state index in [4.69, 9.17) is 0 Å². The van der Waals surface area contributed by atoms with E-state index in [1.165, 1.54) is 0 Å². The highest BCUT2D eigenvalue weighted by Crippen LogP contribution is 2.06. The highest BCUT2D eigenvalue weighted by atomic mass is 32.1. The van der Waals surface area contributed by atoms with E-state index in [1.807, 2.05) is 36.4 Å². The highest BCUT2D eigenvalue weighted by Gasteiger charge is 1.96. The van der Waals surface area contributed by atoms with Crippen molar-refractivity contribution in [2.24, 2.45) is 0 Å². The van der Waals surface area contributed by atoms with E-state index in [9.17, 15) is 4.79 Å². The molecule has 13 heavy (non-hydrogen) atoms. The monoisotopic (exact) mass is 192 g/mol. The van der Waals surface area contributed by atoms with Crippen molar-refractivity contribution in [3.05, 3.63) is 41.5 Å². The average Bonchev–Trinajstić information content (AvgIpc) is 2.15. The minimum atomic E-state index is 0.102. The number of Topliss-reactive ketones (excluding diaryl/α,β-unsaturated/α-hetero) is 1. The van der Waals surface area contributed by atoms with Crippen molar-refractivity contribution in [3.8, 4) is 0 Å². The van der Waals surface area contributed by atoms with Gasteiger partial charge in [0.05, 0.1) is 0 Å². The molecule has 2 heteroatoms. The standard InChI is InChI=1S/C11H12OS/c1-9(12)11-6-4-10(5-7-11)3-2-8-13/h2-7,13H,8H2,1H3. The molecule has 1 rings (SSSR count). The third-order valence-electron chi connectivity index (χ3n) is 1.73. The van der Waals surface area contributed by atoms with E-state index in [0.29, 0.717) is 0 Å². The third kappa shape index (κ3) is 3.07. The molecule has 0 spiro atoms. The van der Waals surface area contributed by atoms with Crippen molar-refractivity contribution in [1.29, 1.82) is 0 Å². The topological polar surface area (TPSA) is 17.1 Å². The lowest BCUT2D eigenvalue weighted by Gasteiger charge is -1.95. The van der Waals surface area contributed by atoms with Crippen molar-refractivity contribution >= 4 is 24.5 Å². The molecule has 0 amide bonds. The molecule has 68 valence electrons. The molecule has 0 saturated heterocycles. The molecule has 0 saturated carbocycles. The van der Waals surface area contributed by atoms with Crippen LogP contribution in [0.5, 0.6) is 0 Å². The summed E-state index contributed by atoms with van der Waals surface area (Å²) in [6.07, 6.45) is 3.95. The average molecular weight is 192 g/mol. The van der Waals surface area contributed by atoms with Crippen LogP contribution in [0.3, 0.4) is 0 Å². The molecule has 0 aliphatic rings. The summed E-state index contributed by atoms with van der Waals surface area (Å²) in [5.74, 6) is 0.832. The van der Waals surface area contributed by atoms with Gasteiger partial charge in [-0.3, -0.25) is 4.79 Å². The first-order valence-electron chi connectivity index (χ1n) is 4.12. The zero-order chi connectivity index (χ0) is 9.68. The SMILES string of the molecule is CC(=O)c1ccc(C=CCS)cc1. The number of carbonyl (C=O) groups excluding carboxylic acids is 1. The lowest BCUT2D eigenvalue weighted by Crippen LogP contribution is -1.90. The fourth-order valence-corrected chi connectivity index (χ4v) is 1.12. The molecule has 1 aromatic carbocycles. The molecule has 0 atom stereocenters. The highest BCUT2D eigenvalue weighted by molar-refractivity contribution is 7.80. The maximum absolute atomic E-state index is 10.9. The molecule has 0 aliphatic heterocycles. The zero-order valence-electron chi connectivity index (χ0n) is 7.53. The van der Waals surface area contributed by atoms with Gasteiger partial charge in [0.15, 0.2) is 5.78 Å². The smallest absolute Gasteiger partial charge is 0.159 e. The van der Waals surface area contributed by atoms with Gasteiger partial charge in [0, 0.05) is 11.3 Å². The molecule has 0 heterocycles. The molecule has 1 aromatic rings. The van der Waals surface area contributed by atoms with Gasteiger partial charge in [-0.1, -0.05) is 36.4 Å². The Hall–Kier alpha value is -1.02. The summed E-state index contributed by atoms with van der Waals surface area (Å²) in [6.45, 7) is 1.57. The molecule has 1 nitrogen and oxygen atoms in total. The summed E-state index contributed by atoms with van der Waals surface area (Å²) >= 11 is 4.06. The van der Waals surface area contributed by atoms with Gasteiger partial charge in [0.1, 0.15) is 0 Å². The number of rotatable bonds is 3. The van der Waals surface area contributed by atoms with Crippen molar-refractivity contribution in [2.75, 3.05) is 5.75 Å². The molecule has 0 bridgehead atoms. The summed E-state index contributed by atoms with van der Waals surface area (Å²) in [5.41, 5.74) is 1.85. The van der Waals surface area contributed by atoms with Crippen LogP contribution in [-0.2, 0) is 0 Å². The Bertz CT molecular complexity index is 311. The van der Waals surface area contributed by atoms with E-state index in [1.54, 1.807) is 6.92 Å². The first-order chi connectivity index (χ1) is 6.24. The molecule has 0 aliphatic carbocycles. The third-order valence-corrected chi connectivity index (χ3v) is 1.94. The first-order valence-corrected chi connectivity index (χ1v) is 4.75. The van der Waals surface area contributed by atoms with Crippen LogP contribution in [0.2, 0.25) is 0 Å². The molecule has 0 unspecified atom stereocenters. The Balaban J connectivity index is 2.81. The van der Waals surface area contributed by atoms with Crippen molar-refractivity contribution in [1.82, 2.24) is 0 Å². The Labute approximate surface area is 83.9 Å². The fraction of sp³-hybridized carbons (Fsp3) is 0.182. The summed E-state index contributed by atoms with van der Waals surface area (Å²) in [4.78, 5) is 10.9. The summed E-state index contributed by atoms with van der Waals surface area (Å²) < 4.78 is 0.